The summed E-state index contributed by atoms with van der Waals surface area (Å²) in [6, 6.07) is 18.4. The molecule has 3 rings (SSSR count). The zero-order valence-electron chi connectivity index (χ0n) is 16.2. The van der Waals surface area contributed by atoms with Crippen molar-refractivity contribution < 1.29 is 9.53 Å². The van der Waals surface area contributed by atoms with Gasteiger partial charge in [-0.05, 0) is 61.5 Å². The fraction of sp³-hybridized carbons (Fsp3) is 0.435. The Labute approximate surface area is 162 Å². The number of hydrogen-bond donors (Lipinski definition) is 1. The molecule has 1 heterocycles. The third-order valence-corrected chi connectivity index (χ3v) is 5.38. The highest BCUT2D eigenvalue weighted by Crippen LogP contribution is 2.17. The van der Waals surface area contributed by atoms with Crippen molar-refractivity contribution in [1.82, 2.24) is 10.2 Å². The average molecular weight is 367 g/mol. The summed E-state index contributed by atoms with van der Waals surface area (Å²) in [5.41, 5.74) is 2.43. The second-order valence-corrected chi connectivity index (χ2v) is 7.35. The largest absolute Gasteiger partial charge is 0.497 e. The Balaban J connectivity index is 1.32. The number of methoxy groups -OCH3 is 1. The van der Waals surface area contributed by atoms with Gasteiger partial charge in [-0.25, -0.2) is 0 Å². The van der Waals surface area contributed by atoms with Gasteiger partial charge in [0.05, 0.1) is 13.5 Å². The molecule has 2 aromatic rings. The van der Waals surface area contributed by atoms with Gasteiger partial charge >= 0.3 is 0 Å². The molecular formula is C23H30N2O2. The van der Waals surface area contributed by atoms with E-state index in [-0.39, 0.29) is 5.91 Å². The first-order valence-corrected chi connectivity index (χ1v) is 9.89. The number of carbonyl (C=O) groups excluding carboxylic acids is 1. The second-order valence-electron chi connectivity index (χ2n) is 7.35. The van der Waals surface area contributed by atoms with E-state index in [0.717, 1.165) is 56.8 Å². The highest BCUT2D eigenvalue weighted by molar-refractivity contribution is 5.78. The molecule has 1 amide bonds. The van der Waals surface area contributed by atoms with Gasteiger partial charge in [0, 0.05) is 13.1 Å². The summed E-state index contributed by atoms with van der Waals surface area (Å²) >= 11 is 0. The Morgan fingerprint density at radius 3 is 2.41 bits per heavy atom. The Morgan fingerprint density at radius 1 is 1.04 bits per heavy atom. The minimum atomic E-state index is 0.103. The SMILES string of the molecule is COc1ccc(CC(=O)NCC2CCN(CCc3ccccc3)CC2)cc1. The number of rotatable bonds is 8. The lowest BCUT2D eigenvalue weighted by Crippen LogP contribution is -2.39. The Bertz CT molecular complexity index is 692. The number of piperidine rings is 1. The molecular weight excluding hydrogens is 336 g/mol. The Morgan fingerprint density at radius 2 is 1.74 bits per heavy atom. The quantitative estimate of drug-likeness (QED) is 0.779. The van der Waals surface area contributed by atoms with Gasteiger partial charge in [-0.2, -0.15) is 0 Å². The van der Waals surface area contributed by atoms with Crippen LogP contribution in [0.5, 0.6) is 5.75 Å². The molecule has 144 valence electrons. The fourth-order valence-electron chi connectivity index (χ4n) is 3.60. The number of nitrogens with one attached hydrogen (secondary N) is 1. The van der Waals surface area contributed by atoms with Gasteiger partial charge in [-0.1, -0.05) is 42.5 Å². The van der Waals surface area contributed by atoms with Gasteiger partial charge in [0.1, 0.15) is 5.75 Å². The van der Waals surface area contributed by atoms with E-state index in [1.54, 1.807) is 7.11 Å². The number of benzene rings is 2. The van der Waals surface area contributed by atoms with Gasteiger partial charge in [0.15, 0.2) is 0 Å². The summed E-state index contributed by atoms with van der Waals surface area (Å²) in [6.07, 6.45) is 3.87. The van der Waals surface area contributed by atoms with Gasteiger partial charge in [-0.15, -0.1) is 0 Å². The van der Waals surface area contributed by atoms with Crippen LogP contribution in [0.2, 0.25) is 0 Å². The van der Waals surface area contributed by atoms with Crippen molar-refractivity contribution in [3.63, 3.8) is 0 Å². The number of ether oxygens (including phenoxy) is 1. The molecule has 0 aromatic heterocycles. The molecule has 4 heteroatoms. The molecule has 0 spiro atoms. The molecule has 0 aliphatic carbocycles. The molecule has 2 aromatic carbocycles. The molecule has 1 aliphatic rings. The zero-order chi connectivity index (χ0) is 18.9. The number of nitrogens with zero attached hydrogens (tertiary/aromatic N) is 1. The summed E-state index contributed by atoms with van der Waals surface area (Å²) in [5.74, 6) is 1.52. The first-order chi connectivity index (χ1) is 13.2. The summed E-state index contributed by atoms with van der Waals surface area (Å²) in [7, 11) is 1.65. The van der Waals surface area contributed by atoms with E-state index in [1.165, 1.54) is 5.56 Å². The lowest BCUT2D eigenvalue weighted by atomic mass is 9.96. The molecule has 1 fully saturated rings. The maximum absolute atomic E-state index is 12.2. The van der Waals surface area contributed by atoms with Crippen molar-refractivity contribution in [3.8, 4) is 5.75 Å². The third-order valence-electron chi connectivity index (χ3n) is 5.38. The monoisotopic (exact) mass is 366 g/mol. The van der Waals surface area contributed by atoms with Crippen LogP contribution in [0, 0.1) is 5.92 Å². The highest BCUT2D eigenvalue weighted by atomic mass is 16.5. The number of hydrogen-bond acceptors (Lipinski definition) is 3. The molecule has 0 saturated carbocycles. The van der Waals surface area contributed by atoms with Crippen molar-refractivity contribution >= 4 is 5.91 Å². The Kier molecular flexibility index (Phi) is 7.28. The first kappa shape index (κ1) is 19.4. The van der Waals surface area contributed by atoms with Gasteiger partial charge in [0.2, 0.25) is 5.91 Å². The lowest BCUT2D eigenvalue weighted by Gasteiger charge is -2.32. The van der Waals surface area contributed by atoms with Gasteiger partial charge < -0.3 is 15.0 Å². The average Bonchev–Trinajstić information content (AvgIpc) is 2.73. The predicted molar refractivity (Wildman–Crippen MR) is 109 cm³/mol. The molecule has 1 saturated heterocycles. The minimum Gasteiger partial charge on any atom is -0.497 e. The number of carbonyl (C=O) groups is 1. The predicted octanol–water partition coefficient (Wildman–Crippen LogP) is 3.31. The lowest BCUT2D eigenvalue weighted by molar-refractivity contribution is -0.120. The van der Waals surface area contributed by atoms with E-state index >= 15 is 0 Å². The van der Waals surface area contributed by atoms with Crippen LogP contribution in [0.25, 0.3) is 0 Å². The molecule has 1 N–H and O–H groups in total. The van der Waals surface area contributed by atoms with Crippen molar-refractivity contribution in [2.45, 2.75) is 25.7 Å². The zero-order valence-corrected chi connectivity index (χ0v) is 16.2. The first-order valence-electron chi connectivity index (χ1n) is 9.89. The van der Waals surface area contributed by atoms with Crippen molar-refractivity contribution in [1.29, 1.82) is 0 Å². The van der Waals surface area contributed by atoms with Gasteiger partial charge in [0.25, 0.3) is 0 Å². The summed E-state index contributed by atoms with van der Waals surface area (Å²) in [4.78, 5) is 14.7. The van der Waals surface area contributed by atoms with Crippen LogP contribution in [0.1, 0.15) is 24.0 Å². The van der Waals surface area contributed by atoms with E-state index in [0.29, 0.717) is 12.3 Å². The van der Waals surface area contributed by atoms with E-state index in [9.17, 15) is 4.79 Å². The molecule has 27 heavy (non-hydrogen) atoms. The van der Waals surface area contributed by atoms with Gasteiger partial charge in [-0.3, -0.25) is 4.79 Å². The van der Waals surface area contributed by atoms with E-state index in [4.69, 9.17) is 4.74 Å². The topological polar surface area (TPSA) is 41.6 Å². The third kappa shape index (κ3) is 6.40. The van der Waals surface area contributed by atoms with Crippen LogP contribution in [0.15, 0.2) is 54.6 Å². The van der Waals surface area contributed by atoms with Crippen LogP contribution in [0.4, 0.5) is 0 Å². The molecule has 0 radical (unpaired) electrons. The fourth-order valence-corrected chi connectivity index (χ4v) is 3.60. The number of amides is 1. The van der Waals surface area contributed by atoms with E-state index in [2.05, 4.69) is 40.5 Å². The summed E-state index contributed by atoms with van der Waals surface area (Å²) < 4.78 is 5.15. The van der Waals surface area contributed by atoms with Crippen molar-refractivity contribution in [3.05, 3.63) is 65.7 Å². The second kappa shape index (κ2) is 10.1. The van der Waals surface area contributed by atoms with Crippen LogP contribution in [-0.2, 0) is 17.6 Å². The van der Waals surface area contributed by atoms with Crippen LogP contribution in [0.3, 0.4) is 0 Å². The van der Waals surface area contributed by atoms with Crippen molar-refractivity contribution in [2.75, 3.05) is 33.3 Å². The normalized spacial score (nSPS) is 15.4. The van der Waals surface area contributed by atoms with Crippen LogP contribution in [-0.4, -0.2) is 44.1 Å². The van der Waals surface area contributed by atoms with Crippen LogP contribution < -0.4 is 10.1 Å². The van der Waals surface area contributed by atoms with Crippen molar-refractivity contribution in [2.24, 2.45) is 5.92 Å². The Hall–Kier alpha value is -2.33. The standard InChI is InChI=1S/C23H30N2O2/c1-27-22-9-7-20(8-10-22)17-23(26)24-18-21-12-15-25(16-13-21)14-11-19-5-3-2-4-6-19/h2-10,21H,11-18H2,1H3,(H,24,26). The molecule has 0 atom stereocenters. The molecule has 0 unspecified atom stereocenters. The smallest absolute Gasteiger partial charge is 0.224 e. The summed E-state index contributed by atoms with van der Waals surface area (Å²) in [6.45, 7) is 4.18. The van der Waals surface area contributed by atoms with Crippen LogP contribution >= 0.6 is 0 Å². The molecule has 1 aliphatic heterocycles. The highest BCUT2D eigenvalue weighted by Gasteiger charge is 2.19. The maximum atomic E-state index is 12.2. The number of likely N-dealkylation sites (tertiary alicyclic amines) is 1. The minimum absolute atomic E-state index is 0.103. The summed E-state index contributed by atoms with van der Waals surface area (Å²) in [5, 5.41) is 3.11. The molecule has 4 nitrogen and oxygen atoms in total. The van der Waals surface area contributed by atoms with E-state index < -0.39 is 0 Å². The molecule has 0 bridgehead atoms. The maximum Gasteiger partial charge on any atom is 0.224 e. The van der Waals surface area contributed by atoms with E-state index in [1.807, 2.05) is 24.3 Å².